The van der Waals surface area contributed by atoms with Gasteiger partial charge >= 0.3 is 0 Å². The zero-order valence-corrected chi connectivity index (χ0v) is 19.1. The molecule has 1 amide bonds. The average molecular weight is 432 g/mol. The summed E-state index contributed by atoms with van der Waals surface area (Å²) in [5.74, 6) is 0.526. The smallest absolute Gasteiger partial charge is 0.251 e. The molecular formula is C26H33N5O. The molecule has 0 unspecified atom stereocenters. The second-order valence-electron chi connectivity index (χ2n) is 7.70. The van der Waals surface area contributed by atoms with Gasteiger partial charge in [-0.1, -0.05) is 56.3 Å². The zero-order chi connectivity index (χ0) is 22.6. The van der Waals surface area contributed by atoms with Gasteiger partial charge in [0.1, 0.15) is 0 Å². The number of amides is 1. The van der Waals surface area contributed by atoms with Gasteiger partial charge in [-0.05, 0) is 49.7 Å². The quantitative estimate of drug-likeness (QED) is 0.448. The molecule has 0 fully saturated rings. The molecule has 6 heteroatoms. The van der Waals surface area contributed by atoms with E-state index in [1.165, 1.54) is 5.56 Å². The molecule has 3 aromatic rings. The predicted octanol–water partition coefficient (Wildman–Crippen LogP) is 4.26. The van der Waals surface area contributed by atoms with Gasteiger partial charge in [-0.25, -0.2) is 9.97 Å². The molecule has 0 spiro atoms. The normalized spacial score (nSPS) is 10.8. The molecule has 0 bridgehead atoms. The minimum absolute atomic E-state index is 0.0605. The first kappa shape index (κ1) is 23.4. The topological polar surface area (TPSA) is 70.2 Å². The lowest BCUT2D eigenvalue weighted by molar-refractivity contribution is 0.0948. The molecule has 1 heterocycles. The number of nitrogens with zero attached hydrogens (tertiary/aromatic N) is 3. The van der Waals surface area contributed by atoms with Crippen LogP contribution in [0.4, 0.5) is 5.95 Å². The van der Waals surface area contributed by atoms with Gasteiger partial charge in [0.05, 0.1) is 5.69 Å². The second kappa shape index (κ2) is 12.6. The van der Waals surface area contributed by atoms with E-state index in [2.05, 4.69) is 51.5 Å². The number of likely N-dealkylation sites (N-methyl/N-ethyl adjacent to an activating group) is 1. The molecule has 6 nitrogen and oxygen atoms in total. The number of hydrogen-bond acceptors (Lipinski definition) is 5. The van der Waals surface area contributed by atoms with Crippen LogP contribution >= 0.6 is 0 Å². The predicted molar refractivity (Wildman–Crippen MR) is 131 cm³/mol. The van der Waals surface area contributed by atoms with Crippen molar-refractivity contribution < 1.29 is 4.79 Å². The first-order valence-electron chi connectivity index (χ1n) is 11.4. The van der Waals surface area contributed by atoms with E-state index in [9.17, 15) is 4.79 Å². The molecule has 0 saturated carbocycles. The Bertz CT molecular complexity index is 977. The molecule has 2 N–H and O–H groups in total. The monoisotopic (exact) mass is 431 g/mol. The lowest BCUT2D eigenvalue weighted by Crippen LogP contribution is -2.35. The van der Waals surface area contributed by atoms with Gasteiger partial charge in [-0.3, -0.25) is 4.79 Å². The van der Waals surface area contributed by atoms with E-state index >= 15 is 0 Å². The van der Waals surface area contributed by atoms with Crippen LogP contribution in [0.3, 0.4) is 0 Å². The molecule has 0 saturated heterocycles. The van der Waals surface area contributed by atoms with Gasteiger partial charge in [0, 0.05) is 37.0 Å². The maximum Gasteiger partial charge on any atom is 0.251 e. The van der Waals surface area contributed by atoms with Gasteiger partial charge in [0.15, 0.2) is 0 Å². The summed E-state index contributed by atoms with van der Waals surface area (Å²) < 4.78 is 0. The Morgan fingerprint density at radius 1 is 0.969 bits per heavy atom. The van der Waals surface area contributed by atoms with Crippen LogP contribution in [-0.2, 0) is 6.42 Å². The maximum atomic E-state index is 12.6. The first-order valence-corrected chi connectivity index (χ1v) is 11.4. The lowest BCUT2D eigenvalue weighted by atomic mass is 10.1. The summed E-state index contributed by atoms with van der Waals surface area (Å²) in [4.78, 5) is 23.9. The molecule has 0 radical (unpaired) electrons. The van der Waals surface area contributed by atoms with Gasteiger partial charge in [-0.15, -0.1) is 0 Å². The van der Waals surface area contributed by atoms with Gasteiger partial charge in [0.25, 0.3) is 5.91 Å². The van der Waals surface area contributed by atoms with Gasteiger partial charge < -0.3 is 15.5 Å². The molecule has 3 rings (SSSR count). The molecule has 0 atom stereocenters. The third-order valence-corrected chi connectivity index (χ3v) is 5.32. The zero-order valence-electron chi connectivity index (χ0n) is 19.1. The summed E-state index contributed by atoms with van der Waals surface area (Å²) in [5, 5.41) is 6.32. The lowest BCUT2D eigenvalue weighted by Gasteiger charge is -2.19. The van der Waals surface area contributed by atoms with Crippen molar-refractivity contribution in [2.45, 2.75) is 26.7 Å². The maximum absolute atomic E-state index is 12.6. The largest absolute Gasteiger partial charge is 0.354 e. The number of aromatic nitrogens is 2. The summed E-state index contributed by atoms with van der Waals surface area (Å²) in [5.41, 5.74) is 3.59. The highest BCUT2D eigenvalue weighted by molar-refractivity contribution is 5.95. The first-order chi connectivity index (χ1) is 15.7. The van der Waals surface area contributed by atoms with Crippen molar-refractivity contribution >= 4 is 11.9 Å². The van der Waals surface area contributed by atoms with Crippen molar-refractivity contribution in [1.82, 2.24) is 20.2 Å². The minimum Gasteiger partial charge on any atom is -0.354 e. The summed E-state index contributed by atoms with van der Waals surface area (Å²) in [6.45, 7) is 8.62. The Kier molecular flexibility index (Phi) is 9.20. The van der Waals surface area contributed by atoms with E-state index in [4.69, 9.17) is 0 Å². The van der Waals surface area contributed by atoms with Crippen LogP contribution in [0.2, 0.25) is 0 Å². The van der Waals surface area contributed by atoms with Crippen molar-refractivity contribution in [2.24, 2.45) is 0 Å². The van der Waals surface area contributed by atoms with Crippen molar-refractivity contribution in [2.75, 3.05) is 38.0 Å². The number of carbonyl (C=O) groups is 1. The fourth-order valence-electron chi connectivity index (χ4n) is 3.56. The fourth-order valence-corrected chi connectivity index (χ4v) is 3.56. The van der Waals surface area contributed by atoms with Crippen LogP contribution in [0, 0.1) is 0 Å². The molecule has 0 aliphatic carbocycles. The van der Waals surface area contributed by atoms with Crippen LogP contribution in [0.25, 0.3) is 11.3 Å². The molecule has 32 heavy (non-hydrogen) atoms. The molecule has 2 aromatic carbocycles. The van der Waals surface area contributed by atoms with E-state index < -0.39 is 0 Å². The third kappa shape index (κ3) is 7.17. The Labute approximate surface area is 191 Å². The average Bonchev–Trinajstić information content (AvgIpc) is 2.84. The van der Waals surface area contributed by atoms with E-state index in [1.807, 2.05) is 48.5 Å². The van der Waals surface area contributed by atoms with Crippen LogP contribution in [0.1, 0.15) is 36.2 Å². The summed E-state index contributed by atoms with van der Waals surface area (Å²) >= 11 is 0. The summed E-state index contributed by atoms with van der Waals surface area (Å²) in [7, 11) is 0. The molecule has 1 aromatic heterocycles. The minimum atomic E-state index is -0.0605. The number of anilines is 1. The summed E-state index contributed by atoms with van der Waals surface area (Å²) in [6, 6.07) is 19.8. The highest BCUT2D eigenvalue weighted by Crippen LogP contribution is 2.19. The molecule has 0 aliphatic rings. The van der Waals surface area contributed by atoms with E-state index in [1.54, 1.807) is 6.20 Å². The summed E-state index contributed by atoms with van der Waals surface area (Å²) in [6.07, 6.45) is 3.76. The highest BCUT2D eigenvalue weighted by atomic mass is 16.1. The van der Waals surface area contributed by atoms with Crippen LogP contribution in [0.15, 0.2) is 66.9 Å². The Hall–Kier alpha value is -3.25. The molecule has 0 aliphatic heterocycles. The SMILES string of the molecule is CCCN(CC)CCNC(=O)c1cccc(-c2ccnc(NCCc3ccccc3)n2)c1. The van der Waals surface area contributed by atoms with Gasteiger partial charge in [-0.2, -0.15) is 0 Å². The number of rotatable bonds is 12. The van der Waals surface area contributed by atoms with Crippen LogP contribution in [-0.4, -0.2) is 53.5 Å². The van der Waals surface area contributed by atoms with Crippen LogP contribution in [0.5, 0.6) is 0 Å². The second-order valence-corrected chi connectivity index (χ2v) is 7.70. The Morgan fingerprint density at radius 3 is 2.59 bits per heavy atom. The fraction of sp³-hybridized carbons (Fsp3) is 0.346. The van der Waals surface area contributed by atoms with Crippen molar-refractivity contribution in [3.63, 3.8) is 0 Å². The van der Waals surface area contributed by atoms with Crippen LogP contribution < -0.4 is 10.6 Å². The van der Waals surface area contributed by atoms with E-state index in [-0.39, 0.29) is 5.91 Å². The Morgan fingerprint density at radius 2 is 1.81 bits per heavy atom. The van der Waals surface area contributed by atoms with Gasteiger partial charge in [0.2, 0.25) is 5.95 Å². The van der Waals surface area contributed by atoms with Crippen molar-refractivity contribution in [1.29, 1.82) is 0 Å². The standard InChI is InChI=1S/C26H33N5O/c1-3-18-31(4-2)19-17-27-25(32)23-12-8-11-22(20-23)24-14-16-29-26(30-24)28-15-13-21-9-6-5-7-10-21/h5-12,14,16,20H,3-4,13,15,17-19H2,1-2H3,(H,27,32)(H,28,29,30). The third-order valence-electron chi connectivity index (χ3n) is 5.32. The van der Waals surface area contributed by atoms with Crippen molar-refractivity contribution in [3.05, 3.63) is 78.0 Å². The Balaban J connectivity index is 1.58. The molecular weight excluding hydrogens is 398 g/mol. The number of nitrogens with one attached hydrogen (secondary N) is 2. The van der Waals surface area contributed by atoms with Crippen molar-refractivity contribution in [3.8, 4) is 11.3 Å². The van der Waals surface area contributed by atoms with E-state index in [0.717, 1.165) is 50.3 Å². The van der Waals surface area contributed by atoms with E-state index in [0.29, 0.717) is 18.1 Å². The number of benzene rings is 2. The number of carbonyl (C=O) groups excluding carboxylic acids is 1. The number of hydrogen-bond donors (Lipinski definition) is 2. The highest BCUT2D eigenvalue weighted by Gasteiger charge is 2.09. The molecule has 168 valence electrons.